The van der Waals surface area contributed by atoms with Gasteiger partial charge in [-0.3, -0.25) is 4.72 Å². The van der Waals surface area contributed by atoms with Crippen LogP contribution in [0.5, 0.6) is 0 Å². The quantitative estimate of drug-likeness (QED) is 0.867. The lowest BCUT2D eigenvalue weighted by Gasteiger charge is -2.08. The summed E-state index contributed by atoms with van der Waals surface area (Å²) in [6.07, 6.45) is 1.25. The molecule has 0 aliphatic carbocycles. The van der Waals surface area contributed by atoms with Gasteiger partial charge in [0, 0.05) is 0 Å². The highest BCUT2D eigenvalue weighted by atomic mass is 79.9. The first-order valence-electron chi connectivity index (χ1n) is 4.98. The van der Waals surface area contributed by atoms with Crippen LogP contribution in [0.25, 0.3) is 0 Å². The van der Waals surface area contributed by atoms with E-state index in [0.717, 1.165) is 12.1 Å². The summed E-state index contributed by atoms with van der Waals surface area (Å²) in [4.78, 5) is 3.06. The van der Waals surface area contributed by atoms with Crippen molar-refractivity contribution in [1.82, 2.24) is 4.98 Å². The predicted molar refractivity (Wildman–Crippen MR) is 69.1 cm³/mol. The van der Waals surface area contributed by atoms with E-state index in [9.17, 15) is 17.2 Å². The Morgan fingerprint density at radius 2 is 1.89 bits per heavy atom. The number of benzene rings is 1. The van der Waals surface area contributed by atoms with Crippen LogP contribution in [-0.4, -0.2) is 13.4 Å². The van der Waals surface area contributed by atoms with Gasteiger partial charge in [0.2, 0.25) is 0 Å². The minimum Gasteiger partial charge on any atom is -0.278 e. The Hall–Kier alpha value is -1.54. The molecular formula is C11H7BrF2N2O2S. The van der Waals surface area contributed by atoms with Crippen LogP contribution in [0.15, 0.2) is 46.0 Å². The lowest BCUT2D eigenvalue weighted by Crippen LogP contribution is -2.15. The third-order valence-electron chi connectivity index (χ3n) is 2.16. The molecule has 0 saturated carbocycles. The van der Waals surface area contributed by atoms with E-state index in [0.29, 0.717) is 10.7 Å². The molecule has 1 N–H and O–H groups in total. The summed E-state index contributed by atoms with van der Waals surface area (Å²) in [5.41, 5.74) is 0.145. The summed E-state index contributed by atoms with van der Waals surface area (Å²) in [6.45, 7) is 0. The number of hydrogen-bond acceptors (Lipinski definition) is 3. The van der Waals surface area contributed by atoms with Gasteiger partial charge in [-0.1, -0.05) is 0 Å². The fraction of sp³-hybridized carbons (Fsp3) is 0. The summed E-state index contributed by atoms with van der Waals surface area (Å²) in [6, 6.07) is 5.16. The summed E-state index contributed by atoms with van der Waals surface area (Å²) < 4.78 is 52.9. The molecule has 0 fully saturated rings. The van der Waals surface area contributed by atoms with Gasteiger partial charge >= 0.3 is 0 Å². The molecule has 0 atom stereocenters. The first kappa shape index (κ1) is 13.9. The van der Waals surface area contributed by atoms with Gasteiger partial charge in [-0.25, -0.2) is 22.2 Å². The maximum Gasteiger partial charge on any atom is 0.264 e. The molecule has 1 aromatic heterocycles. The fourth-order valence-corrected chi connectivity index (χ4v) is 2.70. The van der Waals surface area contributed by atoms with Crippen molar-refractivity contribution in [2.24, 2.45) is 0 Å². The topological polar surface area (TPSA) is 59.1 Å². The summed E-state index contributed by atoms with van der Waals surface area (Å²) in [7, 11) is -4.20. The van der Waals surface area contributed by atoms with Crippen molar-refractivity contribution in [1.29, 1.82) is 0 Å². The number of rotatable bonds is 3. The van der Waals surface area contributed by atoms with E-state index in [-0.39, 0.29) is 5.69 Å². The number of sulfonamides is 1. The van der Waals surface area contributed by atoms with Crippen molar-refractivity contribution in [2.45, 2.75) is 4.90 Å². The van der Waals surface area contributed by atoms with Gasteiger partial charge in [0.25, 0.3) is 10.0 Å². The number of aromatic nitrogens is 1. The fourth-order valence-electron chi connectivity index (χ4n) is 1.33. The summed E-state index contributed by atoms with van der Waals surface area (Å²) >= 11 is 3.09. The molecule has 0 saturated heterocycles. The minimum atomic E-state index is -4.20. The Bertz CT molecular complexity index is 705. The second-order valence-electron chi connectivity index (χ2n) is 3.55. The zero-order valence-corrected chi connectivity index (χ0v) is 11.7. The molecule has 0 radical (unpaired) electrons. The Labute approximate surface area is 116 Å². The average Bonchev–Trinajstić information content (AvgIpc) is 2.35. The van der Waals surface area contributed by atoms with Crippen LogP contribution in [0, 0.1) is 11.6 Å². The second-order valence-corrected chi connectivity index (χ2v) is 6.01. The molecule has 0 amide bonds. The van der Waals surface area contributed by atoms with Gasteiger partial charge < -0.3 is 0 Å². The van der Waals surface area contributed by atoms with E-state index in [1.165, 1.54) is 18.3 Å². The molecule has 0 aliphatic heterocycles. The van der Waals surface area contributed by atoms with Gasteiger partial charge in [0.05, 0.1) is 11.9 Å². The highest BCUT2D eigenvalue weighted by Gasteiger charge is 2.20. The van der Waals surface area contributed by atoms with Crippen molar-refractivity contribution >= 4 is 31.6 Å². The van der Waals surface area contributed by atoms with Gasteiger partial charge in [-0.05, 0) is 46.3 Å². The van der Waals surface area contributed by atoms with E-state index >= 15 is 0 Å². The minimum absolute atomic E-state index is 0.145. The zero-order chi connectivity index (χ0) is 14.0. The van der Waals surface area contributed by atoms with Gasteiger partial charge in [-0.2, -0.15) is 0 Å². The van der Waals surface area contributed by atoms with Crippen LogP contribution in [0.1, 0.15) is 0 Å². The van der Waals surface area contributed by atoms with E-state index in [1.54, 1.807) is 0 Å². The standard InChI is InChI=1S/C11H7BrF2N2O2S/c12-11-4-2-8(6-15-11)16-19(17,18)10-5-7(13)1-3-9(10)14/h1-6,16H. The lowest BCUT2D eigenvalue weighted by atomic mass is 10.3. The number of anilines is 1. The molecule has 0 unspecified atom stereocenters. The lowest BCUT2D eigenvalue weighted by molar-refractivity contribution is 0.555. The van der Waals surface area contributed by atoms with Crippen molar-refractivity contribution < 1.29 is 17.2 Å². The van der Waals surface area contributed by atoms with Gasteiger partial charge in [0.15, 0.2) is 0 Å². The van der Waals surface area contributed by atoms with Crippen LogP contribution < -0.4 is 4.72 Å². The zero-order valence-electron chi connectivity index (χ0n) is 9.27. The van der Waals surface area contributed by atoms with Crippen molar-refractivity contribution in [3.05, 3.63) is 52.8 Å². The number of hydrogen-bond donors (Lipinski definition) is 1. The third kappa shape index (κ3) is 3.27. The average molecular weight is 349 g/mol. The second kappa shape index (κ2) is 5.22. The molecule has 100 valence electrons. The Morgan fingerprint density at radius 1 is 1.16 bits per heavy atom. The first-order chi connectivity index (χ1) is 8.88. The molecule has 0 bridgehead atoms. The molecule has 2 rings (SSSR count). The number of halogens is 3. The normalized spacial score (nSPS) is 11.3. The molecule has 1 aromatic carbocycles. The Balaban J connectivity index is 2.37. The van der Waals surface area contributed by atoms with Crippen molar-refractivity contribution in [3.8, 4) is 0 Å². The SMILES string of the molecule is O=S(=O)(Nc1ccc(Br)nc1)c1cc(F)ccc1F. The number of nitrogens with zero attached hydrogens (tertiary/aromatic N) is 1. The Morgan fingerprint density at radius 3 is 2.53 bits per heavy atom. The molecule has 1 heterocycles. The molecule has 0 aliphatic rings. The molecular weight excluding hydrogens is 342 g/mol. The van der Waals surface area contributed by atoms with E-state index in [2.05, 4.69) is 25.6 Å². The largest absolute Gasteiger partial charge is 0.278 e. The number of pyridine rings is 1. The van der Waals surface area contributed by atoms with Crippen LogP contribution >= 0.6 is 15.9 Å². The van der Waals surface area contributed by atoms with E-state index in [1.807, 2.05) is 0 Å². The molecule has 0 spiro atoms. The summed E-state index contributed by atoms with van der Waals surface area (Å²) in [5.74, 6) is -1.87. The van der Waals surface area contributed by atoms with E-state index < -0.39 is 26.6 Å². The molecule has 8 heteroatoms. The Kier molecular flexibility index (Phi) is 3.81. The smallest absolute Gasteiger partial charge is 0.264 e. The molecule has 19 heavy (non-hydrogen) atoms. The molecule has 4 nitrogen and oxygen atoms in total. The van der Waals surface area contributed by atoms with Gasteiger partial charge in [-0.15, -0.1) is 0 Å². The number of nitrogens with one attached hydrogen (secondary N) is 1. The van der Waals surface area contributed by atoms with Crippen molar-refractivity contribution in [2.75, 3.05) is 4.72 Å². The monoisotopic (exact) mass is 348 g/mol. The maximum atomic E-state index is 13.4. The maximum absolute atomic E-state index is 13.4. The van der Waals surface area contributed by atoms with Crippen LogP contribution in [0.2, 0.25) is 0 Å². The summed E-state index contributed by atoms with van der Waals surface area (Å²) in [5, 5.41) is 0. The van der Waals surface area contributed by atoms with Crippen molar-refractivity contribution in [3.63, 3.8) is 0 Å². The predicted octanol–water partition coefficient (Wildman–Crippen LogP) is 2.92. The molecule has 2 aromatic rings. The highest BCUT2D eigenvalue weighted by molar-refractivity contribution is 9.10. The van der Waals surface area contributed by atoms with E-state index in [4.69, 9.17) is 0 Å². The van der Waals surface area contributed by atoms with Crippen LogP contribution in [-0.2, 0) is 10.0 Å². The van der Waals surface area contributed by atoms with Crippen LogP contribution in [0.3, 0.4) is 0 Å². The van der Waals surface area contributed by atoms with Crippen LogP contribution in [0.4, 0.5) is 14.5 Å². The highest BCUT2D eigenvalue weighted by Crippen LogP contribution is 2.20. The first-order valence-corrected chi connectivity index (χ1v) is 7.25. The van der Waals surface area contributed by atoms with Gasteiger partial charge in [0.1, 0.15) is 21.1 Å². The third-order valence-corrected chi connectivity index (χ3v) is 4.03.